The van der Waals surface area contributed by atoms with E-state index in [1.54, 1.807) is 0 Å². The van der Waals surface area contributed by atoms with Gasteiger partial charge in [-0.3, -0.25) is 0 Å². The van der Waals surface area contributed by atoms with Crippen LogP contribution in [0.5, 0.6) is 0 Å². The van der Waals surface area contributed by atoms with Crippen LogP contribution in [0.15, 0.2) is 52.4 Å². The van der Waals surface area contributed by atoms with Crippen molar-refractivity contribution in [1.82, 2.24) is 14.8 Å². The Morgan fingerprint density at radius 1 is 0.588 bits per heavy atom. The predicted octanol–water partition coefficient (Wildman–Crippen LogP) is 6.21. The Bertz CT molecular complexity index is 1120. The normalized spacial score (nSPS) is 12.2. The van der Waals surface area contributed by atoms with Gasteiger partial charge in [-0.1, -0.05) is 41.5 Å². The van der Waals surface area contributed by atoms with Gasteiger partial charge in [0.2, 0.25) is 0 Å². The second-order valence-corrected chi connectivity index (χ2v) is 9.56. The summed E-state index contributed by atoms with van der Waals surface area (Å²) in [6.45, 7) is 12.7. The van der Waals surface area contributed by atoms with Gasteiger partial charge in [0.1, 0.15) is 11.4 Å². The standard InChI is InChI=1S/C29H37N5/c1-18-14-20(3)26(21(4)15-18)31-28(33(7)8)24-12-11-13-25(30-24)29(34(9)10)32-27-22(5)16-19(2)17-23(27)6/h11-17H,1-10H3. The topological polar surface area (TPSA) is 44.1 Å². The van der Waals surface area contributed by atoms with Crippen molar-refractivity contribution in [2.45, 2.75) is 41.5 Å². The lowest BCUT2D eigenvalue weighted by Gasteiger charge is -2.20. The maximum Gasteiger partial charge on any atom is 0.154 e. The maximum atomic E-state index is 5.06. The first kappa shape index (κ1) is 25.2. The Morgan fingerprint density at radius 3 is 1.21 bits per heavy atom. The number of pyridine rings is 1. The molecule has 5 heteroatoms. The van der Waals surface area contributed by atoms with Crippen LogP contribution in [-0.2, 0) is 0 Å². The Hall–Kier alpha value is -3.47. The van der Waals surface area contributed by atoms with Gasteiger partial charge in [0.25, 0.3) is 0 Å². The zero-order valence-corrected chi connectivity index (χ0v) is 22.3. The molecule has 3 aromatic rings. The van der Waals surface area contributed by atoms with Gasteiger partial charge >= 0.3 is 0 Å². The maximum absolute atomic E-state index is 5.06. The van der Waals surface area contributed by atoms with E-state index >= 15 is 0 Å². The average Bonchev–Trinajstić information content (AvgIpc) is 2.72. The summed E-state index contributed by atoms with van der Waals surface area (Å²) < 4.78 is 0. The molecule has 178 valence electrons. The Morgan fingerprint density at radius 2 is 0.912 bits per heavy atom. The van der Waals surface area contributed by atoms with Crippen LogP contribution in [-0.4, -0.2) is 54.6 Å². The molecule has 5 nitrogen and oxygen atoms in total. The minimum Gasteiger partial charge on any atom is -0.361 e. The molecule has 0 aliphatic rings. The Kier molecular flexibility index (Phi) is 7.55. The molecule has 1 aromatic heterocycles. The van der Waals surface area contributed by atoms with Crippen molar-refractivity contribution in [1.29, 1.82) is 0 Å². The van der Waals surface area contributed by atoms with E-state index in [1.165, 1.54) is 11.1 Å². The molecule has 3 rings (SSSR count). The molecule has 34 heavy (non-hydrogen) atoms. The summed E-state index contributed by atoms with van der Waals surface area (Å²) in [5.41, 5.74) is 10.7. The highest BCUT2D eigenvalue weighted by molar-refractivity contribution is 6.02. The van der Waals surface area contributed by atoms with Crippen LogP contribution in [0.4, 0.5) is 11.4 Å². The number of rotatable bonds is 4. The molecule has 2 aromatic carbocycles. The van der Waals surface area contributed by atoms with Crippen LogP contribution in [0, 0.1) is 41.5 Å². The molecule has 0 spiro atoms. The first-order valence-electron chi connectivity index (χ1n) is 11.6. The summed E-state index contributed by atoms with van der Waals surface area (Å²) in [5, 5.41) is 0. The zero-order valence-electron chi connectivity index (χ0n) is 22.3. The number of amidine groups is 2. The monoisotopic (exact) mass is 455 g/mol. The van der Waals surface area contributed by atoms with Crippen LogP contribution in [0.3, 0.4) is 0 Å². The third-order valence-corrected chi connectivity index (χ3v) is 5.76. The molecule has 0 aliphatic heterocycles. The molecule has 0 atom stereocenters. The summed E-state index contributed by atoms with van der Waals surface area (Å²) in [6.07, 6.45) is 0. The van der Waals surface area contributed by atoms with Crippen LogP contribution in [0.2, 0.25) is 0 Å². The molecule has 0 unspecified atom stereocenters. The molecule has 1 heterocycles. The van der Waals surface area contributed by atoms with Crippen molar-refractivity contribution in [3.8, 4) is 0 Å². The largest absolute Gasteiger partial charge is 0.361 e. The summed E-state index contributed by atoms with van der Waals surface area (Å²) in [5.74, 6) is 1.63. The number of nitrogens with zero attached hydrogens (tertiary/aromatic N) is 5. The van der Waals surface area contributed by atoms with Gasteiger partial charge in [-0.15, -0.1) is 0 Å². The van der Waals surface area contributed by atoms with E-state index in [4.69, 9.17) is 15.0 Å². The van der Waals surface area contributed by atoms with E-state index in [9.17, 15) is 0 Å². The van der Waals surface area contributed by atoms with Gasteiger partial charge in [0.15, 0.2) is 11.7 Å². The van der Waals surface area contributed by atoms with Gasteiger partial charge < -0.3 is 9.80 Å². The molecule has 0 N–H and O–H groups in total. The fourth-order valence-electron chi connectivity index (χ4n) is 4.37. The third-order valence-electron chi connectivity index (χ3n) is 5.76. The highest BCUT2D eigenvalue weighted by Crippen LogP contribution is 2.28. The number of hydrogen-bond acceptors (Lipinski definition) is 3. The van der Waals surface area contributed by atoms with Crippen LogP contribution in [0.25, 0.3) is 0 Å². The fourth-order valence-corrected chi connectivity index (χ4v) is 4.37. The predicted molar refractivity (Wildman–Crippen MR) is 145 cm³/mol. The van der Waals surface area contributed by atoms with Gasteiger partial charge in [0, 0.05) is 28.2 Å². The molecule has 0 aliphatic carbocycles. The second kappa shape index (κ2) is 10.2. The van der Waals surface area contributed by atoms with E-state index in [0.717, 1.165) is 56.7 Å². The fraction of sp³-hybridized carbons (Fsp3) is 0.345. The number of aliphatic imine (C=N–C) groups is 2. The lowest BCUT2D eigenvalue weighted by atomic mass is 10.1. The Balaban J connectivity index is 2.15. The van der Waals surface area contributed by atoms with Crippen LogP contribution >= 0.6 is 0 Å². The van der Waals surface area contributed by atoms with Gasteiger partial charge in [0.05, 0.1) is 11.4 Å². The first-order chi connectivity index (χ1) is 16.0. The van der Waals surface area contributed by atoms with E-state index in [1.807, 2.05) is 56.2 Å². The first-order valence-corrected chi connectivity index (χ1v) is 11.6. The smallest absolute Gasteiger partial charge is 0.154 e. The minimum atomic E-state index is 0.814. The van der Waals surface area contributed by atoms with Crippen molar-refractivity contribution in [3.63, 3.8) is 0 Å². The molecule has 0 saturated heterocycles. The minimum absolute atomic E-state index is 0.814. The van der Waals surface area contributed by atoms with E-state index in [-0.39, 0.29) is 0 Å². The van der Waals surface area contributed by atoms with Crippen molar-refractivity contribution in [3.05, 3.63) is 87.2 Å². The number of hydrogen-bond donors (Lipinski definition) is 0. The quantitative estimate of drug-likeness (QED) is 0.347. The summed E-state index contributed by atoms with van der Waals surface area (Å²) in [4.78, 5) is 19.2. The lowest BCUT2D eigenvalue weighted by molar-refractivity contribution is 0.616. The molecule has 0 amide bonds. The molecule has 0 radical (unpaired) electrons. The van der Waals surface area contributed by atoms with E-state index in [0.29, 0.717) is 0 Å². The van der Waals surface area contributed by atoms with Crippen LogP contribution < -0.4 is 0 Å². The molecular weight excluding hydrogens is 418 g/mol. The third kappa shape index (κ3) is 5.53. The van der Waals surface area contributed by atoms with Crippen molar-refractivity contribution in [2.24, 2.45) is 9.98 Å². The summed E-state index contributed by atoms with van der Waals surface area (Å²) in [7, 11) is 8.02. The second-order valence-electron chi connectivity index (χ2n) is 9.56. The van der Waals surface area contributed by atoms with E-state index < -0.39 is 0 Å². The number of aryl methyl sites for hydroxylation is 6. The van der Waals surface area contributed by atoms with E-state index in [2.05, 4.69) is 65.8 Å². The zero-order chi connectivity index (χ0) is 25.2. The molecule has 0 saturated carbocycles. The van der Waals surface area contributed by atoms with Gasteiger partial charge in [-0.2, -0.15) is 0 Å². The number of benzene rings is 2. The van der Waals surface area contributed by atoms with Crippen molar-refractivity contribution >= 4 is 23.0 Å². The Labute approximate surface area is 204 Å². The summed E-state index contributed by atoms with van der Waals surface area (Å²) >= 11 is 0. The SMILES string of the molecule is Cc1cc(C)c(N=C(c2cccc(C(=Nc3c(C)cc(C)cc3C)N(C)C)n2)N(C)C)c(C)c1. The highest BCUT2D eigenvalue weighted by Gasteiger charge is 2.16. The lowest BCUT2D eigenvalue weighted by Crippen LogP contribution is -2.27. The number of aromatic nitrogens is 1. The van der Waals surface area contributed by atoms with Gasteiger partial charge in [-0.05, 0) is 75.9 Å². The summed E-state index contributed by atoms with van der Waals surface area (Å²) in [6, 6.07) is 14.7. The molecule has 0 fully saturated rings. The molecule has 0 bridgehead atoms. The van der Waals surface area contributed by atoms with Crippen molar-refractivity contribution in [2.75, 3.05) is 28.2 Å². The average molecular weight is 456 g/mol. The highest BCUT2D eigenvalue weighted by atomic mass is 15.2. The van der Waals surface area contributed by atoms with Crippen molar-refractivity contribution < 1.29 is 0 Å². The van der Waals surface area contributed by atoms with Gasteiger partial charge in [-0.25, -0.2) is 15.0 Å². The van der Waals surface area contributed by atoms with Crippen LogP contribution in [0.1, 0.15) is 44.8 Å². The molecular formula is C29H37N5.